The molecule has 0 aliphatic rings. The number of aromatic nitrogens is 1. The van der Waals surface area contributed by atoms with Crippen molar-refractivity contribution in [1.82, 2.24) is 4.98 Å². The predicted molar refractivity (Wildman–Crippen MR) is 41.3 cm³/mol. The summed E-state index contributed by atoms with van der Waals surface area (Å²) in [5, 5.41) is 8.47. The average molecular weight is 208 g/mol. The van der Waals surface area contributed by atoms with E-state index in [9.17, 15) is 13.6 Å². The van der Waals surface area contributed by atoms with Gasteiger partial charge in [0.15, 0.2) is 6.29 Å². The Balaban J connectivity index is 3.35. The molecule has 0 saturated carbocycles. The summed E-state index contributed by atoms with van der Waals surface area (Å²) in [6.45, 7) is 0. The van der Waals surface area contributed by atoms with Crippen molar-refractivity contribution in [3.63, 3.8) is 0 Å². The first-order chi connectivity index (χ1) is 6.07. The number of hydrogen-bond acceptors (Lipinski definition) is 3. The fourth-order valence-electron chi connectivity index (χ4n) is 0.772. The van der Waals surface area contributed by atoms with Gasteiger partial charge >= 0.3 is 0 Å². The van der Waals surface area contributed by atoms with Gasteiger partial charge in [-0.25, -0.2) is 13.8 Å². The van der Waals surface area contributed by atoms with Crippen LogP contribution in [0.15, 0.2) is 6.20 Å². The van der Waals surface area contributed by atoms with Crippen molar-refractivity contribution >= 4 is 17.9 Å². The Morgan fingerprint density at radius 2 is 2.23 bits per heavy atom. The Morgan fingerprint density at radius 3 is 2.69 bits per heavy atom. The first-order valence-corrected chi connectivity index (χ1v) is 3.56. The normalized spacial score (nSPS) is 10.5. The second-order valence-electron chi connectivity index (χ2n) is 2.17. The standard InChI is InChI=1S/C7H4ClF2NO2/c8-5-3(2-12)4(13)1-11-6(5)7(9)10/h1-2,7,13H. The molecule has 0 saturated heterocycles. The van der Waals surface area contributed by atoms with E-state index in [1.54, 1.807) is 0 Å². The van der Waals surface area contributed by atoms with Crippen molar-refractivity contribution < 1.29 is 18.7 Å². The van der Waals surface area contributed by atoms with Crippen molar-refractivity contribution in [1.29, 1.82) is 0 Å². The Bertz CT molecular complexity index is 344. The first kappa shape index (κ1) is 9.85. The Kier molecular flexibility index (Phi) is 2.77. The van der Waals surface area contributed by atoms with Crippen LogP contribution >= 0.6 is 11.6 Å². The molecule has 0 amide bonds. The van der Waals surface area contributed by atoms with E-state index in [4.69, 9.17) is 16.7 Å². The van der Waals surface area contributed by atoms with Crippen LogP contribution in [0.2, 0.25) is 5.02 Å². The summed E-state index contributed by atoms with van der Waals surface area (Å²) in [7, 11) is 0. The smallest absolute Gasteiger partial charge is 0.281 e. The molecule has 0 aliphatic heterocycles. The minimum Gasteiger partial charge on any atom is -0.506 e. The summed E-state index contributed by atoms with van der Waals surface area (Å²) in [4.78, 5) is 13.5. The number of nitrogens with zero attached hydrogens (tertiary/aromatic N) is 1. The van der Waals surface area contributed by atoms with Gasteiger partial charge in [-0.3, -0.25) is 4.79 Å². The van der Waals surface area contributed by atoms with E-state index in [-0.39, 0.29) is 11.8 Å². The second-order valence-corrected chi connectivity index (χ2v) is 2.55. The zero-order valence-electron chi connectivity index (χ0n) is 6.17. The van der Waals surface area contributed by atoms with Gasteiger partial charge in [0, 0.05) is 0 Å². The van der Waals surface area contributed by atoms with Crippen LogP contribution in [0.25, 0.3) is 0 Å². The van der Waals surface area contributed by atoms with Crippen LogP contribution in [0, 0.1) is 0 Å². The highest BCUT2D eigenvalue weighted by Crippen LogP contribution is 2.31. The van der Waals surface area contributed by atoms with Crippen molar-refractivity contribution in [2.24, 2.45) is 0 Å². The molecule has 1 heterocycles. The lowest BCUT2D eigenvalue weighted by molar-refractivity contribution is 0.112. The highest BCUT2D eigenvalue weighted by molar-refractivity contribution is 6.33. The van der Waals surface area contributed by atoms with Gasteiger partial charge in [0.25, 0.3) is 6.43 Å². The number of carbonyl (C=O) groups excluding carboxylic acids is 1. The molecular weight excluding hydrogens is 204 g/mol. The molecule has 1 aromatic rings. The third kappa shape index (κ3) is 1.75. The fourth-order valence-corrected chi connectivity index (χ4v) is 1.04. The lowest BCUT2D eigenvalue weighted by Gasteiger charge is -2.04. The predicted octanol–water partition coefficient (Wildman–Crippen LogP) is 2.19. The number of hydrogen-bond donors (Lipinski definition) is 1. The minimum absolute atomic E-state index is 0.200. The van der Waals surface area contributed by atoms with E-state index in [1.165, 1.54) is 0 Å². The third-order valence-electron chi connectivity index (χ3n) is 1.39. The van der Waals surface area contributed by atoms with Gasteiger partial charge < -0.3 is 5.11 Å². The topological polar surface area (TPSA) is 50.2 Å². The van der Waals surface area contributed by atoms with Gasteiger partial charge in [-0.1, -0.05) is 11.6 Å². The molecule has 0 fully saturated rings. The number of aldehydes is 1. The Labute approximate surface area is 77.0 Å². The molecule has 1 N–H and O–H groups in total. The maximum atomic E-state index is 12.1. The molecule has 13 heavy (non-hydrogen) atoms. The van der Waals surface area contributed by atoms with Gasteiger partial charge in [0.1, 0.15) is 11.4 Å². The van der Waals surface area contributed by atoms with Crippen LogP contribution < -0.4 is 0 Å². The number of rotatable bonds is 2. The largest absolute Gasteiger partial charge is 0.506 e. The molecule has 0 aromatic carbocycles. The van der Waals surface area contributed by atoms with Crippen LogP contribution in [0.3, 0.4) is 0 Å². The molecule has 0 aliphatic carbocycles. The number of alkyl halides is 2. The van der Waals surface area contributed by atoms with Crippen molar-refractivity contribution in [3.8, 4) is 5.75 Å². The van der Waals surface area contributed by atoms with E-state index < -0.39 is 22.9 Å². The van der Waals surface area contributed by atoms with Crippen molar-refractivity contribution in [2.75, 3.05) is 0 Å². The molecule has 0 bridgehead atoms. The summed E-state index contributed by atoms with van der Waals surface area (Å²) < 4.78 is 24.3. The van der Waals surface area contributed by atoms with Gasteiger partial charge in [0.2, 0.25) is 0 Å². The molecule has 1 rings (SSSR count). The molecular formula is C7H4ClF2NO2. The van der Waals surface area contributed by atoms with Crippen LogP contribution in [0.4, 0.5) is 8.78 Å². The van der Waals surface area contributed by atoms with Gasteiger partial charge in [0.05, 0.1) is 16.8 Å². The van der Waals surface area contributed by atoms with Gasteiger partial charge in [-0.2, -0.15) is 0 Å². The zero-order valence-corrected chi connectivity index (χ0v) is 6.92. The van der Waals surface area contributed by atoms with Crippen LogP contribution in [-0.2, 0) is 0 Å². The lowest BCUT2D eigenvalue weighted by atomic mass is 10.2. The summed E-state index contributed by atoms with van der Waals surface area (Å²) in [6, 6.07) is 0. The maximum absolute atomic E-state index is 12.1. The molecule has 0 atom stereocenters. The zero-order chi connectivity index (χ0) is 10.0. The molecule has 70 valence electrons. The third-order valence-corrected chi connectivity index (χ3v) is 1.78. The van der Waals surface area contributed by atoms with E-state index in [0.717, 1.165) is 6.20 Å². The molecule has 0 unspecified atom stereocenters. The summed E-state index contributed by atoms with van der Waals surface area (Å²) in [5.74, 6) is -0.510. The number of halogens is 3. The van der Waals surface area contributed by atoms with E-state index >= 15 is 0 Å². The van der Waals surface area contributed by atoms with Gasteiger partial charge in [-0.05, 0) is 0 Å². The van der Waals surface area contributed by atoms with Crippen molar-refractivity contribution in [3.05, 3.63) is 22.5 Å². The monoisotopic (exact) mass is 207 g/mol. The number of pyridine rings is 1. The highest BCUT2D eigenvalue weighted by atomic mass is 35.5. The Morgan fingerprint density at radius 1 is 1.62 bits per heavy atom. The van der Waals surface area contributed by atoms with E-state index in [2.05, 4.69) is 4.98 Å². The fraction of sp³-hybridized carbons (Fsp3) is 0.143. The molecule has 0 radical (unpaired) electrons. The number of aromatic hydroxyl groups is 1. The first-order valence-electron chi connectivity index (χ1n) is 3.18. The second kappa shape index (κ2) is 3.66. The quantitative estimate of drug-likeness (QED) is 0.757. The van der Waals surface area contributed by atoms with E-state index in [1.807, 2.05) is 0 Å². The minimum atomic E-state index is -2.87. The van der Waals surface area contributed by atoms with Crippen LogP contribution in [0.1, 0.15) is 22.5 Å². The average Bonchev–Trinajstić information content (AvgIpc) is 2.04. The summed E-state index contributed by atoms with van der Waals surface area (Å²) in [6.07, 6.45) is -1.91. The van der Waals surface area contributed by atoms with E-state index in [0.29, 0.717) is 0 Å². The molecule has 0 spiro atoms. The van der Waals surface area contributed by atoms with Crippen LogP contribution in [-0.4, -0.2) is 16.4 Å². The van der Waals surface area contributed by atoms with Gasteiger partial charge in [-0.15, -0.1) is 0 Å². The molecule has 6 heteroatoms. The SMILES string of the molecule is O=Cc1c(O)cnc(C(F)F)c1Cl. The summed E-state index contributed by atoms with van der Waals surface area (Å²) >= 11 is 5.38. The lowest BCUT2D eigenvalue weighted by Crippen LogP contribution is -1.95. The van der Waals surface area contributed by atoms with Crippen molar-refractivity contribution in [2.45, 2.75) is 6.43 Å². The Hall–Kier alpha value is -1.23. The summed E-state index contributed by atoms with van der Waals surface area (Å²) in [5.41, 5.74) is -1.08. The molecule has 1 aromatic heterocycles. The molecule has 3 nitrogen and oxygen atoms in total. The number of carbonyl (C=O) groups is 1. The maximum Gasteiger partial charge on any atom is 0.281 e. The van der Waals surface area contributed by atoms with Crippen LogP contribution in [0.5, 0.6) is 5.75 Å². The highest BCUT2D eigenvalue weighted by Gasteiger charge is 2.18.